The maximum atomic E-state index is 13.3. The summed E-state index contributed by atoms with van der Waals surface area (Å²) in [5, 5.41) is 5.65. The Morgan fingerprint density at radius 1 is 0.542 bits per heavy atom. The summed E-state index contributed by atoms with van der Waals surface area (Å²) in [6.07, 6.45) is 0.0143. The molecule has 0 aliphatic carbocycles. The lowest BCUT2D eigenvalue weighted by Crippen LogP contribution is -2.41. The molecule has 0 saturated heterocycles. The number of esters is 2. The summed E-state index contributed by atoms with van der Waals surface area (Å²) in [7, 11) is -8.30. The summed E-state index contributed by atoms with van der Waals surface area (Å²) >= 11 is 0. The van der Waals surface area contributed by atoms with Crippen LogP contribution in [0.5, 0.6) is 0 Å². The van der Waals surface area contributed by atoms with Crippen LogP contribution in [0, 0.1) is 22.7 Å². The van der Waals surface area contributed by atoms with E-state index >= 15 is 0 Å². The second kappa shape index (κ2) is 22.1. The highest BCUT2D eigenvalue weighted by atomic mass is 32.2. The van der Waals surface area contributed by atoms with E-state index in [0.29, 0.717) is 12.8 Å². The predicted octanol–water partition coefficient (Wildman–Crippen LogP) is 5.54. The molecule has 2 atom stereocenters. The fraction of sp³-hybridized carbons (Fsp3) is 0.628. The second-order valence-corrected chi connectivity index (χ2v) is 22.0. The van der Waals surface area contributed by atoms with Crippen molar-refractivity contribution in [3.8, 4) is 0 Å². The maximum Gasteiger partial charge on any atom is 0.307 e. The topological polar surface area (TPSA) is 198 Å². The molecule has 0 bridgehead atoms. The molecule has 0 aromatic heterocycles. The van der Waals surface area contributed by atoms with Gasteiger partial charge in [0.2, 0.25) is 11.8 Å². The summed E-state index contributed by atoms with van der Waals surface area (Å²) in [6.45, 7) is 16.8. The van der Waals surface area contributed by atoms with Crippen molar-refractivity contribution in [2.75, 3.05) is 37.8 Å². The van der Waals surface area contributed by atoms with Crippen LogP contribution >= 0.6 is 0 Å². The Morgan fingerprint density at radius 3 is 1.17 bits per heavy atom. The first-order valence-electron chi connectivity index (χ1n) is 19.9. The molecule has 0 unspecified atom stereocenters. The maximum absolute atomic E-state index is 13.3. The van der Waals surface area contributed by atoms with Crippen molar-refractivity contribution in [2.24, 2.45) is 22.7 Å². The van der Waals surface area contributed by atoms with Gasteiger partial charge in [-0.2, -0.15) is 16.8 Å². The lowest BCUT2D eigenvalue weighted by Gasteiger charge is -2.27. The number of ether oxygens (including phenoxy) is 2. The van der Waals surface area contributed by atoms with E-state index < -0.39 is 89.4 Å². The average Bonchev–Trinajstić information content (AvgIpc) is 3.10. The number of amides is 2. The Kier molecular flexibility index (Phi) is 19.2. The van der Waals surface area contributed by atoms with Gasteiger partial charge in [-0.3, -0.25) is 27.5 Å². The van der Waals surface area contributed by atoms with Crippen molar-refractivity contribution >= 4 is 44.0 Å². The van der Waals surface area contributed by atoms with E-state index in [4.69, 9.17) is 17.8 Å². The monoisotopic (exact) mass is 866 g/mol. The highest BCUT2D eigenvalue weighted by Crippen LogP contribution is 2.22. The van der Waals surface area contributed by atoms with Crippen molar-refractivity contribution in [1.29, 1.82) is 0 Å². The van der Waals surface area contributed by atoms with Gasteiger partial charge in [-0.1, -0.05) is 88.4 Å². The number of hydrogen-bond donors (Lipinski definition) is 2. The van der Waals surface area contributed by atoms with Gasteiger partial charge in [-0.05, 0) is 71.9 Å². The van der Waals surface area contributed by atoms with Gasteiger partial charge in [-0.15, -0.1) is 0 Å². The smallest absolute Gasteiger partial charge is 0.307 e. The normalized spacial score (nSPS) is 13.9. The van der Waals surface area contributed by atoms with Crippen molar-refractivity contribution < 1.29 is 53.9 Å². The van der Waals surface area contributed by atoms with Crippen molar-refractivity contribution in [3.05, 3.63) is 71.8 Å². The zero-order chi connectivity index (χ0) is 44.7. The van der Waals surface area contributed by atoms with Gasteiger partial charge in [0.1, 0.15) is 11.2 Å². The molecule has 2 rings (SSSR count). The Bertz CT molecular complexity index is 1750. The van der Waals surface area contributed by atoms with Gasteiger partial charge < -0.3 is 20.1 Å². The highest BCUT2D eigenvalue weighted by molar-refractivity contribution is 7.87. The number of rotatable bonds is 24. The molecule has 2 N–H and O–H groups in total. The van der Waals surface area contributed by atoms with Crippen LogP contribution < -0.4 is 10.6 Å². The predicted molar refractivity (Wildman–Crippen MR) is 226 cm³/mol. The molecule has 0 aliphatic heterocycles. The van der Waals surface area contributed by atoms with Crippen LogP contribution in [0.3, 0.4) is 0 Å². The summed E-state index contributed by atoms with van der Waals surface area (Å²) < 4.78 is 72.4. The van der Waals surface area contributed by atoms with Crippen LogP contribution in [0.2, 0.25) is 0 Å². The minimum absolute atomic E-state index is 0.0385. The summed E-state index contributed by atoms with van der Waals surface area (Å²) in [4.78, 5) is 51.8. The van der Waals surface area contributed by atoms with E-state index in [0.717, 1.165) is 11.1 Å². The standard InChI is InChI=1S/C43H66N2O12S2/c1-40(2,3)56-36(46)26-34(24-32-18-13-11-14-19-32)38(48)44-28-42(7,8)30-54-58(50,51)22-17-23-59(52,53)55-31-43(9,10)29-45-39(49)35(25-33-20-15-12-16-21-33)27-37(47)57-41(4,5)6/h11-16,18-21,34-35H,17,22-31H2,1-10H3,(H,44,48)(H,45,49)/t34-,35-/m1/s1. The van der Waals surface area contributed by atoms with Crippen LogP contribution in [0.4, 0.5) is 0 Å². The lowest BCUT2D eigenvalue weighted by molar-refractivity contribution is -0.158. The van der Waals surface area contributed by atoms with Crippen molar-refractivity contribution in [2.45, 2.75) is 113 Å². The summed E-state index contributed by atoms with van der Waals surface area (Å²) in [6, 6.07) is 18.5. The number of hydrogen-bond acceptors (Lipinski definition) is 12. The molecule has 14 nitrogen and oxygen atoms in total. The van der Waals surface area contributed by atoms with E-state index in [1.807, 2.05) is 60.7 Å². The molecule has 0 spiro atoms. The lowest BCUT2D eigenvalue weighted by atomic mass is 9.92. The van der Waals surface area contributed by atoms with Gasteiger partial charge in [0.05, 0.1) is 49.4 Å². The zero-order valence-electron chi connectivity index (χ0n) is 36.4. The van der Waals surface area contributed by atoms with E-state index in [2.05, 4.69) is 10.6 Å². The fourth-order valence-corrected chi connectivity index (χ4v) is 7.96. The van der Waals surface area contributed by atoms with Gasteiger partial charge in [0.25, 0.3) is 20.2 Å². The van der Waals surface area contributed by atoms with Crippen LogP contribution in [0.1, 0.15) is 99.6 Å². The minimum Gasteiger partial charge on any atom is -0.460 e. The first kappa shape index (κ1) is 51.3. The van der Waals surface area contributed by atoms with Crippen LogP contribution in [0.25, 0.3) is 0 Å². The highest BCUT2D eigenvalue weighted by Gasteiger charge is 2.31. The largest absolute Gasteiger partial charge is 0.460 e. The molecule has 0 heterocycles. The van der Waals surface area contributed by atoms with E-state index in [1.54, 1.807) is 69.2 Å². The number of benzene rings is 2. The SMILES string of the molecule is CC(C)(CNC(=O)[C@@H](CC(=O)OC(C)(C)C)Cc1ccccc1)COS(=O)(=O)CCCS(=O)(=O)OCC(C)(C)CNC(=O)[C@@H](CC(=O)OC(C)(C)C)Cc1ccccc1. The first-order chi connectivity index (χ1) is 27.0. The molecule has 16 heteroatoms. The van der Waals surface area contributed by atoms with Crippen LogP contribution in [-0.2, 0) is 70.1 Å². The molecule has 0 radical (unpaired) electrons. The third-order valence-corrected chi connectivity index (χ3v) is 11.1. The molecule has 0 aliphatic rings. The molecule has 2 aromatic rings. The fourth-order valence-electron chi connectivity index (χ4n) is 5.55. The molecule has 0 fully saturated rings. The second-order valence-electron chi connectivity index (χ2n) is 18.5. The zero-order valence-corrected chi connectivity index (χ0v) is 38.1. The quantitative estimate of drug-likeness (QED) is 0.0990. The third kappa shape index (κ3) is 22.9. The molecule has 332 valence electrons. The van der Waals surface area contributed by atoms with Crippen molar-refractivity contribution in [3.63, 3.8) is 0 Å². The Morgan fingerprint density at radius 2 is 0.864 bits per heavy atom. The molecular weight excluding hydrogens is 801 g/mol. The van der Waals surface area contributed by atoms with Gasteiger partial charge in [-0.25, -0.2) is 0 Å². The Labute approximate surface area is 352 Å². The van der Waals surface area contributed by atoms with Gasteiger partial charge in [0, 0.05) is 23.9 Å². The number of nitrogens with one attached hydrogen (secondary N) is 2. The van der Waals surface area contributed by atoms with Gasteiger partial charge in [0.15, 0.2) is 0 Å². The number of carbonyl (C=O) groups excluding carboxylic acids is 4. The summed E-state index contributed by atoms with van der Waals surface area (Å²) in [5.41, 5.74) is -1.40. The van der Waals surface area contributed by atoms with Gasteiger partial charge >= 0.3 is 11.9 Å². The van der Waals surface area contributed by atoms with Crippen LogP contribution in [0.15, 0.2) is 60.7 Å². The van der Waals surface area contributed by atoms with E-state index in [1.165, 1.54) is 0 Å². The third-order valence-electron chi connectivity index (χ3n) is 8.59. The van der Waals surface area contributed by atoms with E-state index in [-0.39, 0.29) is 45.6 Å². The summed E-state index contributed by atoms with van der Waals surface area (Å²) in [5.74, 6) is -4.44. The molecule has 59 heavy (non-hydrogen) atoms. The molecular formula is C43H66N2O12S2. The Balaban J connectivity index is 1.87. The average molecular weight is 867 g/mol. The van der Waals surface area contributed by atoms with Crippen molar-refractivity contribution in [1.82, 2.24) is 10.6 Å². The molecule has 0 saturated carbocycles. The molecule has 2 amide bonds. The minimum atomic E-state index is -4.15. The first-order valence-corrected chi connectivity index (χ1v) is 23.0. The number of carbonyl (C=O) groups is 4. The molecule has 2 aromatic carbocycles. The Hall–Kier alpha value is -3.86. The van der Waals surface area contributed by atoms with E-state index in [9.17, 15) is 36.0 Å². The van der Waals surface area contributed by atoms with Crippen LogP contribution in [-0.4, -0.2) is 89.6 Å².